The van der Waals surface area contributed by atoms with Crippen molar-refractivity contribution in [1.29, 1.82) is 0 Å². The van der Waals surface area contributed by atoms with Crippen molar-refractivity contribution in [3.63, 3.8) is 0 Å². The van der Waals surface area contributed by atoms with Crippen LogP contribution in [-0.4, -0.2) is 63.8 Å². The van der Waals surface area contributed by atoms with E-state index < -0.39 is 0 Å². The van der Waals surface area contributed by atoms with Crippen molar-refractivity contribution in [2.24, 2.45) is 10.9 Å². The summed E-state index contributed by atoms with van der Waals surface area (Å²) in [6.45, 7) is 13.3. The van der Waals surface area contributed by atoms with Crippen LogP contribution in [0.25, 0.3) is 0 Å². The molecule has 0 amide bonds. The van der Waals surface area contributed by atoms with Crippen LogP contribution in [0.15, 0.2) is 4.99 Å². The Morgan fingerprint density at radius 1 is 1.19 bits per heavy atom. The van der Waals surface area contributed by atoms with E-state index >= 15 is 0 Å². The highest BCUT2D eigenvalue weighted by Crippen LogP contribution is 2.09. The van der Waals surface area contributed by atoms with Crippen molar-refractivity contribution < 1.29 is 4.74 Å². The first-order chi connectivity index (χ1) is 9.54. The van der Waals surface area contributed by atoms with E-state index in [2.05, 4.69) is 48.3 Å². The number of hydrogen-bond donors (Lipinski definition) is 2. The number of halogens is 1. The van der Waals surface area contributed by atoms with Crippen molar-refractivity contribution >= 4 is 29.9 Å². The predicted molar refractivity (Wildman–Crippen MR) is 103 cm³/mol. The van der Waals surface area contributed by atoms with Crippen LogP contribution in [-0.2, 0) is 4.74 Å². The minimum atomic E-state index is 0. The topological polar surface area (TPSA) is 48.9 Å². The second-order valence-corrected chi connectivity index (χ2v) is 5.35. The number of guanidine groups is 1. The monoisotopic (exact) mass is 414 g/mol. The maximum absolute atomic E-state index is 5.74. The first-order valence-electron chi connectivity index (χ1n) is 7.79. The molecular weight excluding hydrogens is 379 g/mol. The van der Waals surface area contributed by atoms with Gasteiger partial charge in [-0.25, -0.2) is 0 Å². The highest BCUT2D eigenvalue weighted by Gasteiger charge is 2.12. The Balaban J connectivity index is 0. The average molecular weight is 414 g/mol. The molecule has 0 aliphatic carbocycles. The third-order valence-corrected chi connectivity index (χ3v) is 3.40. The van der Waals surface area contributed by atoms with E-state index in [1.807, 2.05) is 6.92 Å². The number of aliphatic imine (C=N–C) groups is 1. The van der Waals surface area contributed by atoms with Gasteiger partial charge in [-0.3, -0.25) is 4.99 Å². The molecule has 0 spiro atoms. The molecule has 0 aromatic carbocycles. The van der Waals surface area contributed by atoms with E-state index in [-0.39, 0.29) is 24.0 Å². The Morgan fingerprint density at radius 3 is 2.29 bits per heavy atom. The number of hydrogen-bond acceptors (Lipinski definition) is 3. The Hall–Kier alpha value is -0.0800. The molecule has 1 atom stereocenters. The van der Waals surface area contributed by atoms with Crippen LogP contribution in [0.3, 0.4) is 0 Å². The Morgan fingerprint density at radius 2 is 1.81 bits per heavy atom. The van der Waals surface area contributed by atoms with Gasteiger partial charge in [-0.15, -0.1) is 24.0 Å². The van der Waals surface area contributed by atoms with E-state index in [9.17, 15) is 0 Å². The molecule has 0 aromatic rings. The largest absolute Gasteiger partial charge is 0.378 e. The number of nitrogens with one attached hydrogen (secondary N) is 2. The summed E-state index contributed by atoms with van der Waals surface area (Å²) in [4.78, 5) is 6.50. The molecule has 0 radical (unpaired) electrons. The minimum absolute atomic E-state index is 0. The van der Waals surface area contributed by atoms with Gasteiger partial charge in [-0.2, -0.15) is 0 Å². The zero-order chi connectivity index (χ0) is 15.4. The fraction of sp³-hybridized carbons (Fsp3) is 0.933. The van der Waals surface area contributed by atoms with Gasteiger partial charge in [0.1, 0.15) is 0 Å². The van der Waals surface area contributed by atoms with E-state index in [1.165, 1.54) is 0 Å². The van der Waals surface area contributed by atoms with Gasteiger partial charge in [0.05, 0.1) is 6.10 Å². The van der Waals surface area contributed by atoms with Gasteiger partial charge in [-0.05, 0) is 32.9 Å². The Kier molecular flexibility index (Phi) is 16.4. The fourth-order valence-electron chi connectivity index (χ4n) is 1.90. The maximum atomic E-state index is 5.74. The lowest BCUT2D eigenvalue weighted by Crippen LogP contribution is -2.42. The fourth-order valence-corrected chi connectivity index (χ4v) is 1.90. The lowest BCUT2D eigenvalue weighted by molar-refractivity contribution is 0.0258. The van der Waals surface area contributed by atoms with Crippen LogP contribution in [0.2, 0.25) is 0 Å². The molecular formula is C15H35IN4O. The summed E-state index contributed by atoms with van der Waals surface area (Å²) in [5.41, 5.74) is 0. The summed E-state index contributed by atoms with van der Waals surface area (Å²) in [6.07, 6.45) is 1.32. The first kappa shape index (κ1) is 23.2. The molecule has 0 bridgehead atoms. The molecule has 0 saturated carbocycles. The number of rotatable bonds is 10. The third kappa shape index (κ3) is 12.2. The van der Waals surface area contributed by atoms with E-state index in [0.29, 0.717) is 12.0 Å². The molecule has 1 unspecified atom stereocenters. The molecule has 0 aromatic heterocycles. The van der Waals surface area contributed by atoms with Crippen LogP contribution < -0.4 is 10.6 Å². The maximum Gasteiger partial charge on any atom is 0.191 e. The van der Waals surface area contributed by atoms with Gasteiger partial charge >= 0.3 is 0 Å². The smallest absolute Gasteiger partial charge is 0.191 e. The van der Waals surface area contributed by atoms with Gasteiger partial charge < -0.3 is 20.3 Å². The highest BCUT2D eigenvalue weighted by molar-refractivity contribution is 14.0. The number of ether oxygens (including phenoxy) is 1. The summed E-state index contributed by atoms with van der Waals surface area (Å²) < 4.78 is 5.74. The summed E-state index contributed by atoms with van der Waals surface area (Å²) in [5, 5.41) is 6.67. The molecule has 0 heterocycles. The second-order valence-electron chi connectivity index (χ2n) is 5.35. The molecule has 0 saturated heterocycles. The van der Waals surface area contributed by atoms with Gasteiger partial charge in [0.2, 0.25) is 0 Å². The summed E-state index contributed by atoms with van der Waals surface area (Å²) in [7, 11) is 3.93. The molecule has 5 nitrogen and oxygen atoms in total. The van der Waals surface area contributed by atoms with Crippen LogP contribution in [0.1, 0.15) is 34.1 Å². The zero-order valence-electron chi connectivity index (χ0n) is 14.6. The summed E-state index contributed by atoms with van der Waals surface area (Å²) in [6, 6.07) is 0. The number of nitrogens with zero attached hydrogens (tertiary/aromatic N) is 2. The van der Waals surface area contributed by atoms with Crippen LogP contribution in [0.5, 0.6) is 0 Å². The molecule has 2 N–H and O–H groups in total. The standard InChI is InChI=1S/C15H34N4O.HI/c1-7-19(6)12-11-18-15(16-5)17-10-9-14(13(3)4)20-8-2;/h13-14H,7-12H2,1-6H3,(H2,16,17,18);1H. The van der Waals surface area contributed by atoms with E-state index in [0.717, 1.165) is 45.2 Å². The predicted octanol–water partition coefficient (Wildman–Crippen LogP) is 2.17. The average Bonchev–Trinajstić information content (AvgIpc) is 2.43. The van der Waals surface area contributed by atoms with Crippen molar-refractivity contribution in [2.75, 3.05) is 46.9 Å². The van der Waals surface area contributed by atoms with Gasteiger partial charge in [0.25, 0.3) is 0 Å². The SMILES string of the molecule is CCOC(CCNC(=NC)NCCN(C)CC)C(C)C.I. The highest BCUT2D eigenvalue weighted by atomic mass is 127. The Labute approximate surface area is 148 Å². The van der Waals surface area contributed by atoms with Crippen LogP contribution in [0.4, 0.5) is 0 Å². The van der Waals surface area contributed by atoms with Crippen LogP contribution in [0, 0.1) is 5.92 Å². The number of likely N-dealkylation sites (N-methyl/N-ethyl adjacent to an activating group) is 1. The van der Waals surface area contributed by atoms with Crippen molar-refractivity contribution in [3.8, 4) is 0 Å². The molecule has 0 aliphatic heterocycles. The van der Waals surface area contributed by atoms with Crippen molar-refractivity contribution in [2.45, 2.75) is 40.2 Å². The molecule has 6 heteroatoms. The second kappa shape index (κ2) is 14.8. The van der Waals surface area contributed by atoms with Crippen molar-refractivity contribution in [3.05, 3.63) is 0 Å². The normalized spacial score (nSPS) is 13.2. The lowest BCUT2D eigenvalue weighted by Gasteiger charge is -2.22. The Bertz CT molecular complexity index is 262. The van der Waals surface area contributed by atoms with Crippen molar-refractivity contribution in [1.82, 2.24) is 15.5 Å². The molecule has 21 heavy (non-hydrogen) atoms. The van der Waals surface area contributed by atoms with E-state index in [1.54, 1.807) is 7.05 Å². The molecule has 0 aliphatic rings. The zero-order valence-corrected chi connectivity index (χ0v) is 16.9. The molecule has 0 rings (SSSR count). The minimum Gasteiger partial charge on any atom is -0.378 e. The van der Waals surface area contributed by atoms with Gasteiger partial charge in [0.15, 0.2) is 5.96 Å². The first-order valence-corrected chi connectivity index (χ1v) is 7.79. The summed E-state index contributed by atoms with van der Waals surface area (Å²) >= 11 is 0. The molecule has 0 fully saturated rings. The lowest BCUT2D eigenvalue weighted by atomic mass is 10.0. The third-order valence-electron chi connectivity index (χ3n) is 3.40. The van der Waals surface area contributed by atoms with E-state index in [4.69, 9.17) is 4.74 Å². The van der Waals surface area contributed by atoms with Gasteiger partial charge in [-0.1, -0.05) is 20.8 Å². The van der Waals surface area contributed by atoms with Crippen LogP contribution >= 0.6 is 24.0 Å². The quantitative estimate of drug-likeness (QED) is 0.327. The summed E-state index contributed by atoms with van der Waals surface area (Å²) in [5.74, 6) is 1.42. The van der Waals surface area contributed by atoms with Gasteiger partial charge in [0, 0.05) is 33.3 Å². The molecule has 128 valence electrons.